The Morgan fingerprint density at radius 1 is 1.12 bits per heavy atom. The predicted octanol–water partition coefficient (Wildman–Crippen LogP) is 3.03. The average Bonchev–Trinajstić information content (AvgIpc) is 2.27. The largest absolute Gasteiger partial charge is 0.346 e. The maximum atomic E-state index is 11.7. The molecule has 0 radical (unpaired) electrons. The molecule has 0 fully saturated rings. The lowest BCUT2D eigenvalue weighted by molar-refractivity contribution is -0.130. The van der Waals surface area contributed by atoms with Gasteiger partial charge in [-0.05, 0) is 25.2 Å². The number of carbonyl (C=O) groups excluding carboxylic acids is 2. The fraction of sp³-hybridized carbons (Fsp3) is 0.857. The summed E-state index contributed by atoms with van der Waals surface area (Å²) >= 11 is 0. The summed E-state index contributed by atoms with van der Waals surface area (Å²) in [6.07, 6.45) is 4.55. The molecule has 0 aromatic rings. The Bertz CT molecular complexity index is 236. The highest BCUT2D eigenvalue weighted by atomic mass is 16.2. The molecule has 0 spiro atoms. The zero-order chi connectivity index (χ0) is 13.3. The van der Waals surface area contributed by atoms with Crippen LogP contribution in [0.2, 0.25) is 0 Å². The fourth-order valence-corrected chi connectivity index (χ4v) is 1.67. The van der Waals surface area contributed by atoms with Crippen molar-refractivity contribution in [3.05, 3.63) is 0 Å². The van der Waals surface area contributed by atoms with E-state index in [0.717, 1.165) is 19.4 Å². The van der Waals surface area contributed by atoms with Crippen LogP contribution in [0.15, 0.2) is 0 Å². The first-order chi connectivity index (χ1) is 7.97. The summed E-state index contributed by atoms with van der Waals surface area (Å²) < 4.78 is 0. The fourth-order valence-electron chi connectivity index (χ4n) is 1.67. The van der Waals surface area contributed by atoms with Gasteiger partial charge in [-0.15, -0.1) is 0 Å². The molecule has 0 heterocycles. The van der Waals surface area contributed by atoms with E-state index in [0.29, 0.717) is 31.6 Å². The second kappa shape index (κ2) is 9.20. The van der Waals surface area contributed by atoms with Gasteiger partial charge in [-0.1, -0.05) is 20.8 Å². The van der Waals surface area contributed by atoms with E-state index in [1.807, 2.05) is 14.0 Å². The molecule has 0 atom stereocenters. The number of Topliss-reactive ketones (excluding diaryl/α,β-unsaturated/α-hetero) is 1. The Balaban J connectivity index is 3.64. The third-order valence-electron chi connectivity index (χ3n) is 2.94. The van der Waals surface area contributed by atoms with Gasteiger partial charge in [-0.25, -0.2) is 0 Å². The third-order valence-corrected chi connectivity index (χ3v) is 2.94. The number of nitrogens with zero attached hydrogens (tertiary/aromatic N) is 1. The van der Waals surface area contributed by atoms with Crippen molar-refractivity contribution in [2.24, 2.45) is 5.92 Å². The van der Waals surface area contributed by atoms with Crippen molar-refractivity contribution in [2.45, 2.75) is 59.3 Å². The Kier molecular flexibility index (Phi) is 8.73. The Labute approximate surface area is 106 Å². The molecule has 17 heavy (non-hydrogen) atoms. The van der Waals surface area contributed by atoms with Crippen LogP contribution in [0.4, 0.5) is 0 Å². The van der Waals surface area contributed by atoms with Crippen molar-refractivity contribution >= 4 is 11.7 Å². The van der Waals surface area contributed by atoms with Gasteiger partial charge in [-0.2, -0.15) is 0 Å². The lowest BCUT2D eigenvalue weighted by Gasteiger charge is -2.17. The maximum absolute atomic E-state index is 11.7. The van der Waals surface area contributed by atoms with Gasteiger partial charge in [0.2, 0.25) is 5.91 Å². The van der Waals surface area contributed by atoms with Crippen LogP contribution in [0, 0.1) is 5.92 Å². The summed E-state index contributed by atoms with van der Waals surface area (Å²) in [5.74, 6) is 1.11. The molecule has 0 aromatic heterocycles. The normalized spacial score (nSPS) is 10.6. The summed E-state index contributed by atoms with van der Waals surface area (Å²) in [6.45, 7) is 7.08. The van der Waals surface area contributed by atoms with Crippen LogP contribution in [-0.2, 0) is 9.59 Å². The van der Waals surface area contributed by atoms with E-state index in [9.17, 15) is 9.59 Å². The monoisotopic (exact) mass is 241 g/mol. The van der Waals surface area contributed by atoms with Crippen LogP contribution in [0.3, 0.4) is 0 Å². The SMILES string of the molecule is CCC(=O)CCCC(=O)N(C)CCCC(C)C. The highest BCUT2D eigenvalue weighted by Crippen LogP contribution is 2.06. The van der Waals surface area contributed by atoms with Gasteiger partial charge in [0.1, 0.15) is 5.78 Å². The van der Waals surface area contributed by atoms with Crippen molar-refractivity contribution in [1.82, 2.24) is 4.90 Å². The molecule has 0 unspecified atom stereocenters. The Morgan fingerprint density at radius 2 is 1.76 bits per heavy atom. The van der Waals surface area contributed by atoms with Gasteiger partial charge in [-0.3, -0.25) is 9.59 Å². The molecule has 3 nitrogen and oxygen atoms in total. The van der Waals surface area contributed by atoms with Gasteiger partial charge < -0.3 is 4.90 Å². The average molecular weight is 241 g/mol. The number of hydrogen-bond acceptors (Lipinski definition) is 2. The van der Waals surface area contributed by atoms with Crippen LogP contribution in [0.25, 0.3) is 0 Å². The lowest BCUT2D eigenvalue weighted by Crippen LogP contribution is -2.27. The summed E-state index contributed by atoms with van der Waals surface area (Å²) in [5, 5.41) is 0. The minimum Gasteiger partial charge on any atom is -0.346 e. The second-order valence-corrected chi connectivity index (χ2v) is 5.10. The zero-order valence-electron chi connectivity index (χ0n) is 11.8. The molecule has 1 amide bonds. The molecule has 0 aliphatic carbocycles. The highest BCUT2D eigenvalue weighted by Gasteiger charge is 2.09. The Hall–Kier alpha value is -0.860. The number of amides is 1. The summed E-state index contributed by atoms with van der Waals surface area (Å²) in [6, 6.07) is 0. The van der Waals surface area contributed by atoms with E-state index >= 15 is 0 Å². The first kappa shape index (κ1) is 16.1. The molecule has 0 rings (SSSR count). The molecule has 0 bridgehead atoms. The number of rotatable bonds is 9. The van der Waals surface area contributed by atoms with Gasteiger partial charge in [0.25, 0.3) is 0 Å². The van der Waals surface area contributed by atoms with Crippen molar-refractivity contribution in [3.8, 4) is 0 Å². The summed E-state index contributed by atoms with van der Waals surface area (Å²) in [4.78, 5) is 24.6. The quantitative estimate of drug-likeness (QED) is 0.622. The van der Waals surface area contributed by atoms with Crippen LogP contribution in [0.5, 0.6) is 0 Å². The van der Waals surface area contributed by atoms with Gasteiger partial charge >= 0.3 is 0 Å². The first-order valence-corrected chi connectivity index (χ1v) is 6.73. The second-order valence-electron chi connectivity index (χ2n) is 5.10. The molecular weight excluding hydrogens is 214 g/mol. The highest BCUT2D eigenvalue weighted by molar-refractivity contribution is 5.79. The van der Waals surface area contributed by atoms with E-state index in [1.54, 1.807) is 4.90 Å². The van der Waals surface area contributed by atoms with Crippen molar-refractivity contribution < 1.29 is 9.59 Å². The summed E-state index contributed by atoms with van der Waals surface area (Å²) in [5.41, 5.74) is 0. The molecule has 0 aliphatic heterocycles. The zero-order valence-corrected chi connectivity index (χ0v) is 11.8. The van der Waals surface area contributed by atoms with Crippen LogP contribution < -0.4 is 0 Å². The lowest BCUT2D eigenvalue weighted by atomic mass is 10.1. The molecule has 0 aliphatic rings. The van der Waals surface area contributed by atoms with E-state index in [1.165, 1.54) is 0 Å². The van der Waals surface area contributed by atoms with Crippen molar-refractivity contribution in [3.63, 3.8) is 0 Å². The van der Waals surface area contributed by atoms with Crippen molar-refractivity contribution in [1.29, 1.82) is 0 Å². The number of ketones is 1. The van der Waals surface area contributed by atoms with Gasteiger partial charge in [0, 0.05) is 32.9 Å². The van der Waals surface area contributed by atoms with Crippen LogP contribution >= 0.6 is 0 Å². The number of hydrogen-bond donors (Lipinski definition) is 0. The Morgan fingerprint density at radius 3 is 2.29 bits per heavy atom. The van der Waals surface area contributed by atoms with Gasteiger partial charge in [0.05, 0.1) is 0 Å². The predicted molar refractivity (Wildman–Crippen MR) is 70.9 cm³/mol. The molecule has 0 N–H and O–H groups in total. The topological polar surface area (TPSA) is 37.4 Å². The van der Waals surface area contributed by atoms with Crippen LogP contribution in [0.1, 0.15) is 59.3 Å². The minimum absolute atomic E-state index is 0.164. The first-order valence-electron chi connectivity index (χ1n) is 6.73. The van der Waals surface area contributed by atoms with E-state index in [2.05, 4.69) is 13.8 Å². The molecule has 0 aromatic carbocycles. The van der Waals surface area contributed by atoms with Gasteiger partial charge in [0.15, 0.2) is 0 Å². The van der Waals surface area contributed by atoms with Crippen molar-refractivity contribution in [2.75, 3.05) is 13.6 Å². The minimum atomic E-state index is 0.164. The summed E-state index contributed by atoms with van der Waals surface area (Å²) in [7, 11) is 1.85. The number of carbonyl (C=O) groups is 2. The standard InChI is InChI=1S/C14H27NO2/c1-5-13(16)9-6-10-14(17)15(4)11-7-8-12(2)3/h12H,5-11H2,1-4H3. The van der Waals surface area contributed by atoms with E-state index in [-0.39, 0.29) is 11.7 Å². The van der Waals surface area contributed by atoms with E-state index in [4.69, 9.17) is 0 Å². The molecule has 3 heteroatoms. The molecule has 0 saturated carbocycles. The molecule has 100 valence electrons. The smallest absolute Gasteiger partial charge is 0.222 e. The third kappa shape index (κ3) is 8.90. The van der Waals surface area contributed by atoms with Crippen LogP contribution in [-0.4, -0.2) is 30.2 Å². The van der Waals surface area contributed by atoms with E-state index < -0.39 is 0 Å². The molecule has 0 saturated heterocycles. The maximum Gasteiger partial charge on any atom is 0.222 e. The molecular formula is C14H27NO2.